The zero-order valence-electron chi connectivity index (χ0n) is 13.6. The van der Waals surface area contributed by atoms with Crippen molar-refractivity contribution in [2.75, 3.05) is 6.61 Å². The SMILES string of the molecule is Cc1cccc(C(=O)N2Cc3[nH]c4ccccc4c3CC2CO)c1. The Morgan fingerprint density at radius 2 is 2.08 bits per heavy atom. The van der Waals surface area contributed by atoms with E-state index in [0.29, 0.717) is 18.5 Å². The number of para-hydroxylation sites is 1. The van der Waals surface area contributed by atoms with Crippen LogP contribution in [0.15, 0.2) is 48.5 Å². The van der Waals surface area contributed by atoms with Crippen LogP contribution >= 0.6 is 0 Å². The van der Waals surface area contributed by atoms with Gasteiger partial charge < -0.3 is 15.0 Å². The number of aromatic nitrogens is 1. The summed E-state index contributed by atoms with van der Waals surface area (Å²) in [6.45, 7) is 2.45. The highest BCUT2D eigenvalue weighted by atomic mass is 16.3. The van der Waals surface area contributed by atoms with Crippen molar-refractivity contribution in [1.82, 2.24) is 9.88 Å². The third-order valence-electron chi connectivity index (χ3n) is 4.85. The molecule has 2 heterocycles. The van der Waals surface area contributed by atoms with Crippen molar-refractivity contribution < 1.29 is 9.90 Å². The Balaban J connectivity index is 1.73. The van der Waals surface area contributed by atoms with Gasteiger partial charge in [-0.3, -0.25) is 4.79 Å². The molecule has 1 aliphatic rings. The van der Waals surface area contributed by atoms with Gasteiger partial charge in [0.2, 0.25) is 0 Å². The van der Waals surface area contributed by atoms with E-state index in [2.05, 4.69) is 11.1 Å². The largest absolute Gasteiger partial charge is 0.394 e. The minimum absolute atomic E-state index is 0.0259. The van der Waals surface area contributed by atoms with Crippen LogP contribution in [-0.2, 0) is 13.0 Å². The highest BCUT2D eigenvalue weighted by molar-refractivity contribution is 5.95. The molecule has 3 aromatic rings. The molecule has 4 nitrogen and oxygen atoms in total. The third kappa shape index (κ3) is 2.39. The molecule has 0 radical (unpaired) electrons. The van der Waals surface area contributed by atoms with Gasteiger partial charge in [0.25, 0.3) is 5.91 Å². The minimum Gasteiger partial charge on any atom is -0.394 e. The third-order valence-corrected chi connectivity index (χ3v) is 4.85. The number of nitrogens with one attached hydrogen (secondary N) is 1. The van der Waals surface area contributed by atoms with Crippen LogP contribution in [0.1, 0.15) is 27.2 Å². The summed E-state index contributed by atoms with van der Waals surface area (Å²) < 4.78 is 0. The molecule has 1 unspecified atom stereocenters. The van der Waals surface area contributed by atoms with Gasteiger partial charge in [0.1, 0.15) is 0 Å². The second-order valence-electron chi connectivity index (χ2n) is 6.47. The van der Waals surface area contributed by atoms with Gasteiger partial charge in [-0.1, -0.05) is 35.9 Å². The molecule has 24 heavy (non-hydrogen) atoms. The van der Waals surface area contributed by atoms with Gasteiger partial charge in [0.15, 0.2) is 0 Å². The molecular formula is C20H20N2O2. The van der Waals surface area contributed by atoms with Crippen LogP contribution in [-0.4, -0.2) is 33.5 Å². The molecule has 1 aromatic heterocycles. The Morgan fingerprint density at radius 1 is 1.25 bits per heavy atom. The Kier molecular flexibility index (Phi) is 3.62. The molecule has 0 spiro atoms. The fraction of sp³-hybridized carbons (Fsp3) is 0.250. The van der Waals surface area contributed by atoms with Crippen molar-refractivity contribution in [2.24, 2.45) is 0 Å². The maximum Gasteiger partial charge on any atom is 0.254 e. The fourth-order valence-corrected chi connectivity index (χ4v) is 3.61. The average molecular weight is 320 g/mol. The molecule has 0 saturated heterocycles. The van der Waals surface area contributed by atoms with E-state index in [-0.39, 0.29) is 18.6 Å². The molecule has 2 aromatic carbocycles. The fourth-order valence-electron chi connectivity index (χ4n) is 3.61. The number of aromatic amines is 1. The second-order valence-corrected chi connectivity index (χ2v) is 6.47. The first-order valence-electron chi connectivity index (χ1n) is 8.24. The quantitative estimate of drug-likeness (QED) is 0.762. The number of carbonyl (C=O) groups excluding carboxylic acids is 1. The number of hydrogen-bond donors (Lipinski definition) is 2. The number of aliphatic hydroxyl groups excluding tert-OH is 1. The summed E-state index contributed by atoms with van der Waals surface area (Å²) in [6.07, 6.45) is 0.674. The van der Waals surface area contributed by atoms with Crippen LogP contribution in [0.25, 0.3) is 10.9 Å². The summed E-state index contributed by atoms with van der Waals surface area (Å²) in [7, 11) is 0. The van der Waals surface area contributed by atoms with Crippen LogP contribution in [0.3, 0.4) is 0 Å². The molecule has 4 heteroatoms. The molecule has 1 atom stereocenters. The van der Waals surface area contributed by atoms with E-state index in [9.17, 15) is 9.90 Å². The van der Waals surface area contributed by atoms with E-state index in [1.165, 1.54) is 10.9 Å². The average Bonchev–Trinajstić information content (AvgIpc) is 2.97. The number of carbonyl (C=O) groups is 1. The lowest BCUT2D eigenvalue weighted by atomic mass is 9.96. The number of benzene rings is 2. The number of nitrogens with zero attached hydrogens (tertiary/aromatic N) is 1. The topological polar surface area (TPSA) is 56.3 Å². The van der Waals surface area contributed by atoms with E-state index in [0.717, 1.165) is 16.8 Å². The zero-order valence-corrected chi connectivity index (χ0v) is 13.6. The van der Waals surface area contributed by atoms with Crippen LogP contribution in [0, 0.1) is 6.92 Å². The van der Waals surface area contributed by atoms with Gasteiger partial charge in [-0.05, 0) is 37.1 Å². The number of H-pyrrole nitrogens is 1. The molecule has 0 fully saturated rings. The molecule has 1 aliphatic heterocycles. The summed E-state index contributed by atoms with van der Waals surface area (Å²) in [6, 6.07) is 15.6. The van der Waals surface area contributed by atoms with Crippen molar-refractivity contribution in [3.63, 3.8) is 0 Å². The van der Waals surface area contributed by atoms with Crippen LogP contribution in [0.4, 0.5) is 0 Å². The molecule has 122 valence electrons. The van der Waals surface area contributed by atoms with Crippen molar-refractivity contribution in [2.45, 2.75) is 25.9 Å². The molecule has 1 amide bonds. The monoisotopic (exact) mass is 320 g/mol. The van der Waals surface area contributed by atoms with E-state index < -0.39 is 0 Å². The lowest BCUT2D eigenvalue weighted by Gasteiger charge is -2.35. The molecule has 0 aliphatic carbocycles. The Labute approximate surface area is 140 Å². The van der Waals surface area contributed by atoms with Crippen molar-refractivity contribution in [3.8, 4) is 0 Å². The highest BCUT2D eigenvalue weighted by Crippen LogP contribution is 2.31. The molecule has 0 bridgehead atoms. The number of fused-ring (bicyclic) bond motifs is 3. The van der Waals surface area contributed by atoms with Crippen molar-refractivity contribution in [3.05, 3.63) is 70.9 Å². The van der Waals surface area contributed by atoms with Gasteiger partial charge in [-0.15, -0.1) is 0 Å². The van der Waals surface area contributed by atoms with E-state index in [4.69, 9.17) is 0 Å². The lowest BCUT2D eigenvalue weighted by Crippen LogP contribution is -2.46. The summed E-state index contributed by atoms with van der Waals surface area (Å²) in [5, 5.41) is 11.0. The number of rotatable bonds is 2. The Hall–Kier alpha value is -2.59. The van der Waals surface area contributed by atoms with Gasteiger partial charge in [-0.25, -0.2) is 0 Å². The number of hydrogen-bond acceptors (Lipinski definition) is 2. The van der Waals surface area contributed by atoms with E-state index in [1.54, 1.807) is 4.90 Å². The predicted octanol–water partition coefficient (Wildman–Crippen LogP) is 3.04. The van der Waals surface area contributed by atoms with Crippen molar-refractivity contribution in [1.29, 1.82) is 0 Å². The predicted molar refractivity (Wildman–Crippen MR) is 93.9 cm³/mol. The molecule has 4 rings (SSSR count). The van der Waals surface area contributed by atoms with Crippen LogP contribution in [0.2, 0.25) is 0 Å². The van der Waals surface area contributed by atoms with E-state index in [1.807, 2.05) is 49.4 Å². The number of aryl methyl sites for hydroxylation is 1. The molecular weight excluding hydrogens is 300 g/mol. The van der Waals surface area contributed by atoms with Gasteiger partial charge in [0.05, 0.1) is 19.2 Å². The smallest absolute Gasteiger partial charge is 0.254 e. The minimum atomic E-state index is -0.190. The summed E-state index contributed by atoms with van der Waals surface area (Å²) in [5.74, 6) is -0.0259. The van der Waals surface area contributed by atoms with Crippen molar-refractivity contribution >= 4 is 16.8 Å². The number of aliphatic hydroxyl groups is 1. The van der Waals surface area contributed by atoms with Gasteiger partial charge in [-0.2, -0.15) is 0 Å². The lowest BCUT2D eigenvalue weighted by molar-refractivity contribution is 0.0541. The second kappa shape index (κ2) is 5.80. The maximum absolute atomic E-state index is 12.9. The first-order chi connectivity index (χ1) is 11.7. The van der Waals surface area contributed by atoms with Gasteiger partial charge >= 0.3 is 0 Å². The van der Waals surface area contributed by atoms with Crippen LogP contribution < -0.4 is 0 Å². The van der Waals surface area contributed by atoms with Gasteiger partial charge in [0, 0.05) is 22.2 Å². The zero-order chi connectivity index (χ0) is 16.7. The standard InChI is InChI=1S/C20H20N2O2/c1-13-5-4-6-14(9-13)20(24)22-11-19-17(10-15(22)12-23)16-7-2-3-8-18(16)21-19/h2-9,15,21,23H,10-12H2,1H3. The number of amides is 1. The summed E-state index contributed by atoms with van der Waals surface area (Å²) in [5.41, 5.74) is 5.11. The van der Waals surface area contributed by atoms with Crippen LogP contribution in [0.5, 0.6) is 0 Å². The summed E-state index contributed by atoms with van der Waals surface area (Å²) in [4.78, 5) is 18.2. The highest BCUT2D eigenvalue weighted by Gasteiger charge is 2.32. The first-order valence-corrected chi connectivity index (χ1v) is 8.24. The first kappa shape index (κ1) is 15.0. The molecule has 2 N–H and O–H groups in total. The Morgan fingerprint density at radius 3 is 2.88 bits per heavy atom. The Bertz CT molecular complexity index is 913. The normalized spacial score (nSPS) is 17.1. The molecule has 0 saturated carbocycles. The maximum atomic E-state index is 12.9. The van der Waals surface area contributed by atoms with E-state index >= 15 is 0 Å². The summed E-state index contributed by atoms with van der Waals surface area (Å²) >= 11 is 0.